The van der Waals surface area contributed by atoms with E-state index in [9.17, 15) is 22.4 Å². The maximum absolute atomic E-state index is 13.6. The summed E-state index contributed by atoms with van der Waals surface area (Å²) < 4.78 is 46.0. The van der Waals surface area contributed by atoms with Crippen molar-refractivity contribution >= 4 is 21.6 Å². The Hall–Kier alpha value is -2.74. The fraction of sp³-hybridized carbons (Fsp3) is 0.222. The van der Waals surface area contributed by atoms with Crippen LogP contribution in [0.3, 0.4) is 0 Å². The number of methoxy groups -OCH3 is 1. The molecule has 0 N–H and O–H groups in total. The molecule has 8 heteroatoms. The summed E-state index contributed by atoms with van der Waals surface area (Å²) in [6.45, 7) is -0.569. The van der Waals surface area contributed by atoms with E-state index in [0.29, 0.717) is 5.56 Å². The second-order valence-corrected chi connectivity index (χ2v) is 7.76. The predicted molar refractivity (Wildman–Crippen MR) is 92.6 cm³/mol. The number of hydrogen-bond acceptors (Lipinski definition) is 6. The summed E-state index contributed by atoms with van der Waals surface area (Å²) in [5.74, 6) is -2.26. The molecule has 0 aromatic heterocycles. The number of carbonyl (C=O) groups is 2. The van der Waals surface area contributed by atoms with Crippen LogP contribution in [0.4, 0.5) is 4.39 Å². The third-order valence-corrected chi connectivity index (χ3v) is 4.26. The van der Waals surface area contributed by atoms with Crippen LogP contribution in [0.5, 0.6) is 5.75 Å². The summed E-state index contributed by atoms with van der Waals surface area (Å²) in [6.07, 6.45) is 1.09. The van der Waals surface area contributed by atoms with Crippen LogP contribution >= 0.6 is 0 Å². The van der Waals surface area contributed by atoms with Gasteiger partial charge in [-0.2, -0.15) is 0 Å². The van der Waals surface area contributed by atoms with Gasteiger partial charge in [-0.1, -0.05) is 12.1 Å². The molecule has 0 aliphatic carbocycles. The Kier molecular flexibility index (Phi) is 6.10. The van der Waals surface area contributed by atoms with Crippen molar-refractivity contribution in [3.05, 3.63) is 65.0 Å². The molecule has 0 amide bonds. The number of hydrogen-bond donors (Lipinski definition) is 0. The average molecular weight is 380 g/mol. The smallest absolute Gasteiger partial charge is 0.338 e. The van der Waals surface area contributed by atoms with Crippen molar-refractivity contribution in [1.29, 1.82) is 0 Å². The first kappa shape index (κ1) is 19.6. The second-order valence-electron chi connectivity index (χ2n) is 5.62. The summed E-state index contributed by atoms with van der Waals surface area (Å²) >= 11 is 0. The molecule has 2 aromatic carbocycles. The Balaban J connectivity index is 2.03. The van der Waals surface area contributed by atoms with E-state index < -0.39 is 34.0 Å². The Labute approximate surface area is 150 Å². The van der Waals surface area contributed by atoms with E-state index in [1.54, 1.807) is 6.07 Å². The highest BCUT2D eigenvalue weighted by Gasteiger charge is 2.15. The van der Waals surface area contributed by atoms with Gasteiger partial charge in [0.25, 0.3) is 0 Å². The molecular weight excluding hydrogens is 363 g/mol. The molecule has 138 valence electrons. The summed E-state index contributed by atoms with van der Waals surface area (Å²) in [7, 11) is -1.94. The van der Waals surface area contributed by atoms with Crippen LogP contribution in [0.1, 0.15) is 26.3 Å². The molecule has 0 aliphatic heterocycles. The van der Waals surface area contributed by atoms with Crippen molar-refractivity contribution in [1.82, 2.24) is 0 Å². The molecule has 26 heavy (non-hydrogen) atoms. The number of rotatable bonds is 7. The number of Topliss-reactive ketones (excluding diaryl/α,β-unsaturated/α-hetero) is 1. The van der Waals surface area contributed by atoms with E-state index >= 15 is 0 Å². The van der Waals surface area contributed by atoms with Crippen molar-refractivity contribution in [3.8, 4) is 5.75 Å². The highest BCUT2D eigenvalue weighted by molar-refractivity contribution is 7.89. The maximum Gasteiger partial charge on any atom is 0.338 e. The molecule has 2 rings (SSSR count). The normalized spacial score (nSPS) is 11.0. The van der Waals surface area contributed by atoms with Gasteiger partial charge in [-0.3, -0.25) is 4.79 Å². The molecule has 0 bridgehead atoms. The lowest BCUT2D eigenvalue weighted by molar-refractivity contribution is 0.0474. The monoisotopic (exact) mass is 380 g/mol. The molecule has 0 saturated carbocycles. The predicted octanol–water partition coefficient (Wildman–Crippen LogP) is 2.42. The summed E-state index contributed by atoms with van der Waals surface area (Å²) in [5, 5.41) is 0. The van der Waals surface area contributed by atoms with Crippen LogP contribution < -0.4 is 4.74 Å². The maximum atomic E-state index is 13.6. The molecule has 0 unspecified atom stereocenters. The van der Waals surface area contributed by atoms with Crippen LogP contribution in [0, 0.1) is 5.82 Å². The largest absolute Gasteiger partial charge is 0.494 e. The number of sulfone groups is 1. The number of ether oxygens (including phenoxy) is 2. The molecule has 6 nitrogen and oxygen atoms in total. The van der Waals surface area contributed by atoms with Gasteiger partial charge in [0.05, 0.1) is 18.4 Å². The second kappa shape index (κ2) is 8.09. The van der Waals surface area contributed by atoms with Crippen LogP contribution in [-0.2, 0) is 20.3 Å². The molecule has 0 atom stereocenters. The van der Waals surface area contributed by atoms with E-state index in [2.05, 4.69) is 0 Å². The first-order chi connectivity index (χ1) is 12.2. The number of carbonyl (C=O) groups excluding carboxylic acids is 2. The molecule has 0 aliphatic rings. The lowest BCUT2D eigenvalue weighted by Gasteiger charge is -2.07. The third-order valence-electron chi connectivity index (χ3n) is 3.40. The fourth-order valence-electron chi connectivity index (χ4n) is 2.23. The number of halogens is 1. The van der Waals surface area contributed by atoms with Crippen LogP contribution in [-0.4, -0.2) is 40.1 Å². The van der Waals surface area contributed by atoms with Gasteiger partial charge in [0.15, 0.2) is 33.8 Å². The van der Waals surface area contributed by atoms with E-state index in [4.69, 9.17) is 9.47 Å². The van der Waals surface area contributed by atoms with Crippen molar-refractivity contribution in [2.75, 3.05) is 20.0 Å². The average Bonchev–Trinajstić information content (AvgIpc) is 2.58. The first-order valence-corrected chi connectivity index (χ1v) is 9.56. The van der Waals surface area contributed by atoms with Crippen molar-refractivity contribution < 1.29 is 31.9 Å². The zero-order valence-electron chi connectivity index (χ0n) is 14.2. The Morgan fingerprint density at radius 2 is 1.81 bits per heavy atom. The minimum atomic E-state index is -3.24. The van der Waals surface area contributed by atoms with Crippen molar-refractivity contribution in [2.24, 2.45) is 0 Å². The molecule has 0 spiro atoms. The first-order valence-electron chi connectivity index (χ1n) is 7.50. The molecule has 0 saturated heterocycles. The van der Waals surface area contributed by atoms with Gasteiger partial charge < -0.3 is 9.47 Å². The lowest BCUT2D eigenvalue weighted by Crippen LogP contribution is -2.15. The Morgan fingerprint density at radius 3 is 2.42 bits per heavy atom. The minimum Gasteiger partial charge on any atom is -0.494 e. The summed E-state index contributed by atoms with van der Waals surface area (Å²) in [4.78, 5) is 24.1. The van der Waals surface area contributed by atoms with Crippen molar-refractivity contribution in [2.45, 2.75) is 5.75 Å². The van der Waals surface area contributed by atoms with Gasteiger partial charge in [-0.15, -0.1) is 0 Å². The van der Waals surface area contributed by atoms with E-state index in [1.165, 1.54) is 37.4 Å². The van der Waals surface area contributed by atoms with E-state index in [1.807, 2.05) is 0 Å². The van der Waals surface area contributed by atoms with E-state index in [0.717, 1.165) is 12.3 Å². The van der Waals surface area contributed by atoms with Gasteiger partial charge in [0, 0.05) is 11.8 Å². The fourth-order valence-corrected chi connectivity index (χ4v) is 3.01. The highest BCUT2D eigenvalue weighted by atomic mass is 32.2. The lowest BCUT2D eigenvalue weighted by atomic mass is 10.1. The quantitative estimate of drug-likeness (QED) is 0.542. The zero-order chi connectivity index (χ0) is 19.3. The van der Waals surface area contributed by atoms with E-state index in [-0.39, 0.29) is 22.6 Å². The third kappa shape index (κ3) is 5.38. The molecule has 0 heterocycles. The van der Waals surface area contributed by atoms with Crippen molar-refractivity contribution in [3.63, 3.8) is 0 Å². The number of benzene rings is 2. The molecule has 0 fully saturated rings. The summed E-state index contributed by atoms with van der Waals surface area (Å²) in [6, 6.07) is 9.61. The molecule has 2 aromatic rings. The molecule has 0 radical (unpaired) electrons. The van der Waals surface area contributed by atoms with Gasteiger partial charge >= 0.3 is 5.97 Å². The van der Waals surface area contributed by atoms with Gasteiger partial charge in [0.1, 0.15) is 0 Å². The number of ketones is 1. The van der Waals surface area contributed by atoms with Gasteiger partial charge in [-0.05, 0) is 35.9 Å². The Bertz CT molecular complexity index is 936. The number of esters is 1. The topological polar surface area (TPSA) is 86.7 Å². The van der Waals surface area contributed by atoms with Gasteiger partial charge in [-0.25, -0.2) is 17.6 Å². The zero-order valence-corrected chi connectivity index (χ0v) is 15.0. The summed E-state index contributed by atoms with van der Waals surface area (Å²) in [5.41, 5.74) is 0.604. The highest BCUT2D eigenvalue weighted by Crippen LogP contribution is 2.18. The SMILES string of the molecule is COc1ccc(C(=O)COC(=O)c2cccc(CS(C)(=O)=O)c2)cc1F. The molecular formula is C18H17FO6S. The van der Waals surface area contributed by atoms with Crippen LogP contribution in [0.15, 0.2) is 42.5 Å². The van der Waals surface area contributed by atoms with Crippen LogP contribution in [0.2, 0.25) is 0 Å². The standard InChI is InChI=1S/C18H17FO6S/c1-24-17-7-6-13(9-15(17)19)16(20)10-25-18(21)14-5-3-4-12(8-14)11-26(2,22)23/h3-9H,10-11H2,1-2H3. The Morgan fingerprint density at radius 1 is 1.08 bits per heavy atom. The van der Waals surface area contributed by atoms with Gasteiger partial charge in [0.2, 0.25) is 0 Å². The minimum absolute atomic E-state index is 0.00114. The van der Waals surface area contributed by atoms with Crippen LogP contribution in [0.25, 0.3) is 0 Å².